The number of ketones is 1. The van der Waals surface area contributed by atoms with Crippen molar-refractivity contribution in [3.05, 3.63) is 24.0 Å². The van der Waals surface area contributed by atoms with Crippen molar-refractivity contribution in [2.75, 3.05) is 6.61 Å². The third-order valence-electron chi connectivity index (χ3n) is 1.50. The molecule has 0 aliphatic heterocycles. The summed E-state index contributed by atoms with van der Waals surface area (Å²) in [7, 11) is 0. The highest BCUT2D eigenvalue weighted by Gasteiger charge is 2.28. The minimum Gasteiger partial charge on any atom is -0.483 e. The molecule has 0 saturated carbocycles. The van der Waals surface area contributed by atoms with E-state index in [2.05, 4.69) is 9.72 Å². The standard InChI is InChI=1S/C9H8F3NO2/c1-6(14)8-3-2-7(4-13-8)15-5-9(10,11)12/h2-4H,5H2,1H3. The van der Waals surface area contributed by atoms with Crippen LogP contribution < -0.4 is 4.74 Å². The molecule has 0 amide bonds. The topological polar surface area (TPSA) is 39.2 Å². The number of aromatic nitrogens is 1. The Labute approximate surface area is 83.9 Å². The molecule has 0 radical (unpaired) electrons. The van der Waals surface area contributed by atoms with Gasteiger partial charge in [0.2, 0.25) is 0 Å². The number of carbonyl (C=O) groups excluding carboxylic acids is 1. The summed E-state index contributed by atoms with van der Waals surface area (Å²) in [4.78, 5) is 14.4. The molecular weight excluding hydrogens is 211 g/mol. The van der Waals surface area contributed by atoms with Crippen LogP contribution in [0.15, 0.2) is 18.3 Å². The molecule has 0 aliphatic carbocycles. The van der Waals surface area contributed by atoms with Gasteiger partial charge in [0.05, 0.1) is 6.20 Å². The van der Waals surface area contributed by atoms with Gasteiger partial charge in [-0.1, -0.05) is 0 Å². The highest BCUT2D eigenvalue weighted by Crippen LogP contribution is 2.17. The summed E-state index contributed by atoms with van der Waals surface area (Å²) < 4.78 is 39.7. The van der Waals surface area contributed by atoms with Crippen molar-refractivity contribution in [3.8, 4) is 5.75 Å². The monoisotopic (exact) mass is 219 g/mol. The smallest absolute Gasteiger partial charge is 0.422 e. The maximum Gasteiger partial charge on any atom is 0.422 e. The second-order valence-corrected chi connectivity index (χ2v) is 2.84. The third-order valence-corrected chi connectivity index (χ3v) is 1.50. The van der Waals surface area contributed by atoms with E-state index in [1.807, 2.05) is 0 Å². The minimum absolute atomic E-state index is 0.0164. The van der Waals surface area contributed by atoms with Gasteiger partial charge in [0.1, 0.15) is 11.4 Å². The van der Waals surface area contributed by atoms with Crippen molar-refractivity contribution >= 4 is 5.78 Å². The first kappa shape index (κ1) is 11.5. The van der Waals surface area contributed by atoms with Gasteiger partial charge in [-0.05, 0) is 12.1 Å². The molecule has 0 bridgehead atoms. The van der Waals surface area contributed by atoms with Crippen LogP contribution in [-0.4, -0.2) is 23.6 Å². The van der Waals surface area contributed by atoms with Crippen LogP contribution in [0.25, 0.3) is 0 Å². The molecule has 3 nitrogen and oxygen atoms in total. The quantitative estimate of drug-likeness (QED) is 0.731. The number of hydrogen-bond acceptors (Lipinski definition) is 3. The van der Waals surface area contributed by atoms with Gasteiger partial charge in [-0.15, -0.1) is 0 Å². The number of halogens is 3. The zero-order chi connectivity index (χ0) is 11.5. The van der Waals surface area contributed by atoms with Gasteiger partial charge >= 0.3 is 6.18 Å². The Morgan fingerprint density at radius 3 is 2.53 bits per heavy atom. The fourth-order valence-electron chi connectivity index (χ4n) is 0.839. The molecule has 0 aromatic carbocycles. The van der Waals surface area contributed by atoms with E-state index >= 15 is 0 Å². The summed E-state index contributed by atoms with van der Waals surface area (Å²) in [5.74, 6) is -0.269. The fraction of sp³-hybridized carbons (Fsp3) is 0.333. The third kappa shape index (κ3) is 3.97. The van der Waals surface area contributed by atoms with Crippen LogP contribution in [0.3, 0.4) is 0 Å². The summed E-state index contributed by atoms with van der Waals surface area (Å²) in [5.41, 5.74) is 0.189. The first-order chi connectivity index (χ1) is 6.88. The lowest BCUT2D eigenvalue weighted by atomic mass is 10.3. The normalized spacial score (nSPS) is 11.2. The van der Waals surface area contributed by atoms with Crippen LogP contribution in [0.2, 0.25) is 0 Å². The summed E-state index contributed by atoms with van der Waals surface area (Å²) in [5, 5.41) is 0. The minimum atomic E-state index is -4.38. The highest BCUT2D eigenvalue weighted by atomic mass is 19.4. The van der Waals surface area contributed by atoms with Crippen LogP contribution in [0.4, 0.5) is 13.2 Å². The van der Waals surface area contributed by atoms with E-state index in [0.717, 1.165) is 6.20 Å². The van der Waals surface area contributed by atoms with E-state index in [-0.39, 0.29) is 17.2 Å². The summed E-state index contributed by atoms with van der Waals surface area (Å²) in [6, 6.07) is 2.59. The van der Waals surface area contributed by atoms with Crippen LogP contribution in [0, 0.1) is 0 Å². The zero-order valence-corrected chi connectivity index (χ0v) is 7.84. The Hall–Kier alpha value is -1.59. The Morgan fingerprint density at radius 2 is 2.13 bits per heavy atom. The number of pyridine rings is 1. The maximum absolute atomic E-state index is 11.7. The van der Waals surface area contributed by atoms with Crippen molar-refractivity contribution < 1.29 is 22.7 Å². The largest absolute Gasteiger partial charge is 0.483 e. The Bertz CT molecular complexity index is 345. The predicted molar refractivity (Wildman–Crippen MR) is 45.8 cm³/mol. The first-order valence-corrected chi connectivity index (χ1v) is 4.05. The van der Waals surface area contributed by atoms with Gasteiger partial charge in [-0.2, -0.15) is 13.2 Å². The van der Waals surface area contributed by atoms with E-state index in [1.54, 1.807) is 0 Å². The van der Waals surface area contributed by atoms with Gasteiger partial charge < -0.3 is 4.74 Å². The molecule has 6 heteroatoms. The van der Waals surface area contributed by atoms with E-state index in [0.29, 0.717) is 0 Å². The van der Waals surface area contributed by atoms with Crippen molar-refractivity contribution in [3.63, 3.8) is 0 Å². The van der Waals surface area contributed by atoms with Gasteiger partial charge in [0.25, 0.3) is 0 Å². The van der Waals surface area contributed by atoms with Gasteiger partial charge in [0, 0.05) is 6.92 Å². The molecule has 0 aliphatic rings. The first-order valence-electron chi connectivity index (χ1n) is 4.05. The molecule has 1 rings (SSSR count). The number of alkyl halides is 3. The summed E-state index contributed by atoms with van der Waals surface area (Å²) in [6.45, 7) is -0.0489. The summed E-state index contributed by atoms with van der Waals surface area (Å²) >= 11 is 0. The molecule has 1 heterocycles. The van der Waals surface area contributed by atoms with Crippen molar-refractivity contribution in [2.24, 2.45) is 0 Å². The molecule has 82 valence electrons. The molecule has 1 aromatic rings. The second-order valence-electron chi connectivity index (χ2n) is 2.84. The lowest BCUT2D eigenvalue weighted by Gasteiger charge is -2.08. The number of Topliss-reactive ketones (excluding diaryl/α,β-unsaturated/α-hetero) is 1. The average molecular weight is 219 g/mol. The fourth-order valence-corrected chi connectivity index (χ4v) is 0.839. The summed E-state index contributed by atoms with van der Waals surface area (Å²) in [6.07, 6.45) is -3.29. The molecule has 0 N–H and O–H groups in total. The molecule has 1 aromatic heterocycles. The highest BCUT2D eigenvalue weighted by molar-refractivity contribution is 5.92. The molecular formula is C9H8F3NO2. The van der Waals surface area contributed by atoms with Crippen LogP contribution in [0.1, 0.15) is 17.4 Å². The zero-order valence-electron chi connectivity index (χ0n) is 7.84. The number of carbonyl (C=O) groups is 1. The van der Waals surface area contributed by atoms with Crippen LogP contribution in [-0.2, 0) is 0 Å². The van der Waals surface area contributed by atoms with Gasteiger partial charge in [-0.3, -0.25) is 4.79 Å². The van der Waals surface area contributed by atoms with Crippen molar-refractivity contribution in [1.82, 2.24) is 4.98 Å². The van der Waals surface area contributed by atoms with E-state index in [1.165, 1.54) is 19.1 Å². The molecule has 0 fully saturated rings. The lowest BCUT2D eigenvalue weighted by molar-refractivity contribution is -0.153. The van der Waals surface area contributed by atoms with E-state index in [4.69, 9.17) is 0 Å². The number of nitrogens with zero attached hydrogens (tertiary/aromatic N) is 1. The second kappa shape index (κ2) is 4.29. The number of rotatable bonds is 3. The lowest BCUT2D eigenvalue weighted by Crippen LogP contribution is -2.19. The molecule has 0 saturated heterocycles. The van der Waals surface area contributed by atoms with E-state index < -0.39 is 12.8 Å². The molecule has 0 spiro atoms. The molecule has 15 heavy (non-hydrogen) atoms. The van der Waals surface area contributed by atoms with Crippen LogP contribution in [0.5, 0.6) is 5.75 Å². The Balaban J connectivity index is 2.61. The predicted octanol–water partition coefficient (Wildman–Crippen LogP) is 2.23. The van der Waals surface area contributed by atoms with Crippen molar-refractivity contribution in [1.29, 1.82) is 0 Å². The van der Waals surface area contributed by atoms with Gasteiger partial charge in [-0.25, -0.2) is 4.98 Å². The molecule has 0 unspecified atom stereocenters. The van der Waals surface area contributed by atoms with E-state index in [9.17, 15) is 18.0 Å². The Kier molecular flexibility index (Phi) is 3.28. The van der Waals surface area contributed by atoms with Gasteiger partial charge in [0.15, 0.2) is 12.4 Å². The number of ether oxygens (including phenoxy) is 1. The molecule has 0 atom stereocenters. The van der Waals surface area contributed by atoms with Crippen molar-refractivity contribution in [2.45, 2.75) is 13.1 Å². The SMILES string of the molecule is CC(=O)c1ccc(OCC(F)(F)F)cn1. The van der Waals surface area contributed by atoms with Crippen LogP contribution >= 0.6 is 0 Å². The Morgan fingerprint density at radius 1 is 1.47 bits per heavy atom. The average Bonchev–Trinajstić information content (AvgIpc) is 2.14. The number of hydrogen-bond donors (Lipinski definition) is 0. The maximum atomic E-state index is 11.7.